The maximum atomic E-state index is 8.81. The standard InChI is InChI=1S/C16H19N3O/c1-12(13-7-3-2-4-8-13)18-11-14-9-5-6-10-15(14)16(17)19-20/h2-10,12,18,20H,11H2,1H3,(H2,17,19). The molecule has 0 aromatic heterocycles. The van der Waals surface area contributed by atoms with Crippen molar-refractivity contribution in [3.05, 3.63) is 71.3 Å². The number of oxime groups is 1. The Balaban J connectivity index is 2.08. The van der Waals surface area contributed by atoms with Crippen LogP contribution < -0.4 is 11.1 Å². The van der Waals surface area contributed by atoms with Gasteiger partial charge >= 0.3 is 0 Å². The quantitative estimate of drug-likeness (QED) is 0.338. The Morgan fingerprint density at radius 1 is 1.15 bits per heavy atom. The van der Waals surface area contributed by atoms with E-state index in [2.05, 4.69) is 29.5 Å². The van der Waals surface area contributed by atoms with Gasteiger partial charge in [-0.15, -0.1) is 0 Å². The molecular weight excluding hydrogens is 250 g/mol. The molecule has 20 heavy (non-hydrogen) atoms. The van der Waals surface area contributed by atoms with Gasteiger partial charge < -0.3 is 16.3 Å². The van der Waals surface area contributed by atoms with Crippen LogP contribution in [-0.4, -0.2) is 11.0 Å². The first-order valence-corrected chi connectivity index (χ1v) is 6.56. The summed E-state index contributed by atoms with van der Waals surface area (Å²) in [7, 11) is 0. The Labute approximate surface area is 118 Å². The van der Waals surface area contributed by atoms with Crippen LogP contribution >= 0.6 is 0 Å². The van der Waals surface area contributed by atoms with Gasteiger partial charge in [-0.1, -0.05) is 59.8 Å². The molecule has 2 rings (SSSR count). The Morgan fingerprint density at radius 3 is 2.50 bits per heavy atom. The lowest BCUT2D eigenvalue weighted by Crippen LogP contribution is -2.22. The van der Waals surface area contributed by atoms with E-state index in [1.807, 2.05) is 42.5 Å². The van der Waals surface area contributed by atoms with Crippen molar-refractivity contribution in [2.75, 3.05) is 0 Å². The van der Waals surface area contributed by atoms with Crippen LogP contribution in [0, 0.1) is 0 Å². The fourth-order valence-electron chi connectivity index (χ4n) is 2.10. The van der Waals surface area contributed by atoms with Crippen molar-refractivity contribution in [3.63, 3.8) is 0 Å². The van der Waals surface area contributed by atoms with Crippen molar-refractivity contribution in [1.82, 2.24) is 5.32 Å². The Hall–Kier alpha value is -2.33. The predicted octanol–water partition coefficient (Wildman–Crippen LogP) is 2.63. The van der Waals surface area contributed by atoms with Gasteiger partial charge in [-0.25, -0.2) is 0 Å². The molecule has 0 aliphatic rings. The van der Waals surface area contributed by atoms with Crippen LogP contribution in [0.2, 0.25) is 0 Å². The van der Waals surface area contributed by atoms with Gasteiger partial charge in [0.15, 0.2) is 5.84 Å². The fraction of sp³-hybridized carbons (Fsp3) is 0.188. The van der Waals surface area contributed by atoms with E-state index >= 15 is 0 Å². The minimum absolute atomic E-state index is 0.134. The number of hydrogen-bond acceptors (Lipinski definition) is 3. The van der Waals surface area contributed by atoms with E-state index in [1.54, 1.807) is 0 Å². The van der Waals surface area contributed by atoms with Crippen LogP contribution in [-0.2, 0) is 6.54 Å². The molecule has 4 N–H and O–H groups in total. The van der Waals surface area contributed by atoms with Gasteiger partial charge in [0, 0.05) is 18.2 Å². The highest BCUT2D eigenvalue weighted by Gasteiger charge is 2.08. The van der Waals surface area contributed by atoms with E-state index in [4.69, 9.17) is 10.9 Å². The zero-order valence-corrected chi connectivity index (χ0v) is 11.5. The molecule has 0 fully saturated rings. The minimum Gasteiger partial charge on any atom is -0.409 e. The number of nitrogens with two attached hydrogens (primary N) is 1. The van der Waals surface area contributed by atoms with E-state index in [1.165, 1.54) is 5.56 Å². The lowest BCUT2D eigenvalue weighted by molar-refractivity contribution is 0.318. The van der Waals surface area contributed by atoms with Gasteiger partial charge in [-0.05, 0) is 18.1 Å². The second kappa shape index (κ2) is 6.73. The molecule has 0 spiro atoms. The largest absolute Gasteiger partial charge is 0.409 e. The highest BCUT2D eigenvalue weighted by Crippen LogP contribution is 2.14. The Morgan fingerprint density at radius 2 is 1.80 bits per heavy atom. The van der Waals surface area contributed by atoms with Crippen molar-refractivity contribution in [1.29, 1.82) is 0 Å². The maximum absolute atomic E-state index is 8.81. The smallest absolute Gasteiger partial charge is 0.170 e. The summed E-state index contributed by atoms with van der Waals surface area (Å²) in [5.41, 5.74) is 8.67. The average molecular weight is 269 g/mol. The van der Waals surface area contributed by atoms with Crippen molar-refractivity contribution in [3.8, 4) is 0 Å². The Bertz CT molecular complexity index is 581. The van der Waals surface area contributed by atoms with Crippen LogP contribution in [0.1, 0.15) is 29.7 Å². The number of rotatable bonds is 5. The van der Waals surface area contributed by atoms with Crippen LogP contribution in [0.5, 0.6) is 0 Å². The van der Waals surface area contributed by atoms with Crippen molar-refractivity contribution in [2.45, 2.75) is 19.5 Å². The van der Waals surface area contributed by atoms with Crippen LogP contribution in [0.3, 0.4) is 0 Å². The van der Waals surface area contributed by atoms with Crippen molar-refractivity contribution < 1.29 is 5.21 Å². The maximum Gasteiger partial charge on any atom is 0.170 e. The third-order valence-corrected chi connectivity index (χ3v) is 3.30. The normalized spacial score (nSPS) is 13.2. The lowest BCUT2D eigenvalue weighted by atomic mass is 10.0. The van der Waals surface area contributed by atoms with Gasteiger partial charge in [0.05, 0.1) is 0 Å². The molecule has 0 amide bonds. The number of benzene rings is 2. The van der Waals surface area contributed by atoms with E-state index in [-0.39, 0.29) is 11.9 Å². The summed E-state index contributed by atoms with van der Waals surface area (Å²) < 4.78 is 0. The summed E-state index contributed by atoms with van der Waals surface area (Å²) in [4.78, 5) is 0. The third kappa shape index (κ3) is 3.36. The number of nitrogens with one attached hydrogen (secondary N) is 1. The summed E-state index contributed by atoms with van der Waals surface area (Å²) in [5, 5.41) is 15.3. The van der Waals surface area contributed by atoms with Crippen LogP contribution in [0.4, 0.5) is 0 Å². The molecule has 0 saturated carbocycles. The molecule has 2 aromatic rings. The molecule has 0 aliphatic heterocycles. The van der Waals surface area contributed by atoms with E-state index in [0.29, 0.717) is 6.54 Å². The molecule has 0 bridgehead atoms. The second-order valence-electron chi connectivity index (χ2n) is 4.66. The second-order valence-corrected chi connectivity index (χ2v) is 4.66. The summed E-state index contributed by atoms with van der Waals surface area (Å²) in [6.45, 7) is 2.77. The first kappa shape index (κ1) is 14.1. The summed E-state index contributed by atoms with van der Waals surface area (Å²) in [6.07, 6.45) is 0. The van der Waals surface area contributed by atoms with E-state index in [9.17, 15) is 0 Å². The Kier molecular flexibility index (Phi) is 4.74. The zero-order valence-electron chi connectivity index (χ0n) is 11.5. The molecule has 0 aliphatic carbocycles. The number of hydrogen-bond donors (Lipinski definition) is 3. The third-order valence-electron chi connectivity index (χ3n) is 3.30. The van der Waals surface area contributed by atoms with Crippen LogP contribution in [0.25, 0.3) is 0 Å². The summed E-state index contributed by atoms with van der Waals surface area (Å²) in [6, 6.07) is 18.1. The number of nitrogens with zero attached hydrogens (tertiary/aromatic N) is 1. The van der Waals surface area contributed by atoms with Gasteiger partial charge in [0.2, 0.25) is 0 Å². The molecular formula is C16H19N3O. The average Bonchev–Trinajstić information content (AvgIpc) is 2.53. The molecule has 0 saturated heterocycles. The lowest BCUT2D eigenvalue weighted by Gasteiger charge is -2.15. The molecule has 4 heteroatoms. The van der Waals surface area contributed by atoms with Gasteiger partial charge in [0.1, 0.15) is 0 Å². The van der Waals surface area contributed by atoms with E-state index < -0.39 is 0 Å². The number of amidine groups is 1. The molecule has 1 atom stereocenters. The zero-order chi connectivity index (χ0) is 14.4. The predicted molar refractivity (Wildman–Crippen MR) is 80.6 cm³/mol. The molecule has 4 nitrogen and oxygen atoms in total. The monoisotopic (exact) mass is 269 g/mol. The van der Waals surface area contributed by atoms with Gasteiger partial charge in [-0.2, -0.15) is 0 Å². The summed E-state index contributed by atoms with van der Waals surface area (Å²) >= 11 is 0. The van der Waals surface area contributed by atoms with Crippen molar-refractivity contribution >= 4 is 5.84 Å². The van der Waals surface area contributed by atoms with Gasteiger partial charge in [0.25, 0.3) is 0 Å². The molecule has 1 unspecified atom stereocenters. The first-order chi connectivity index (χ1) is 9.72. The van der Waals surface area contributed by atoms with Crippen LogP contribution in [0.15, 0.2) is 59.8 Å². The summed E-state index contributed by atoms with van der Waals surface area (Å²) in [5.74, 6) is 0.134. The topological polar surface area (TPSA) is 70.6 Å². The first-order valence-electron chi connectivity index (χ1n) is 6.56. The molecule has 0 heterocycles. The van der Waals surface area contributed by atoms with E-state index in [0.717, 1.165) is 11.1 Å². The van der Waals surface area contributed by atoms with Gasteiger partial charge in [-0.3, -0.25) is 0 Å². The van der Waals surface area contributed by atoms with Crippen molar-refractivity contribution in [2.24, 2.45) is 10.9 Å². The highest BCUT2D eigenvalue weighted by atomic mass is 16.4. The highest BCUT2D eigenvalue weighted by molar-refractivity contribution is 5.98. The molecule has 0 radical (unpaired) electrons. The minimum atomic E-state index is 0.134. The molecule has 104 valence electrons. The fourth-order valence-corrected chi connectivity index (χ4v) is 2.10. The SMILES string of the molecule is CC(NCc1ccccc1C(N)=NO)c1ccccc1. The molecule has 2 aromatic carbocycles.